The van der Waals surface area contributed by atoms with Crippen LogP contribution in [-0.2, 0) is 22.4 Å². The van der Waals surface area contributed by atoms with Gasteiger partial charge in [-0.1, -0.05) is 0 Å². The summed E-state index contributed by atoms with van der Waals surface area (Å²) in [6.07, 6.45) is 0. The summed E-state index contributed by atoms with van der Waals surface area (Å²) in [4.78, 5) is 0. The molecule has 7 heteroatoms. The second kappa shape index (κ2) is 5.10. The molecular weight excluding hydrogens is 226 g/mol. The van der Waals surface area contributed by atoms with Crippen molar-refractivity contribution in [2.75, 3.05) is 0 Å². The summed E-state index contributed by atoms with van der Waals surface area (Å²) in [6.45, 7) is 0. The zero-order valence-electron chi connectivity index (χ0n) is 3.10. The molecule has 0 aliphatic rings. The molecule has 0 aromatic rings. The van der Waals surface area contributed by atoms with Gasteiger partial charge in [0.1, 0.15) is 0 Å². The van der Waals surface area contributed by atoms with Crippen LogP contribution < -0.4 is 0 Å². The third-order valence-corrected chi connectivity index (χ3v) is 0. The second-order valence-corrected chi connectivity index (χ2v) is 0.495. The van der Waals surface area contributed by atoms with E-state index in [9.17, 15) is 17.3 Å². The van der Waals surface area contributed by atoms with Crippen LogP contribution in [0.15, 0.2) is 0 Å². The van der Waals surface area contributed by atoms with E-state index in [-0.39, 0.29) is 32.3 Å². The van der Waals surface area contributed by atoms with Crippen molar-refractivity contribution in [3.63, 3.8) is 0 Å². The molecule has 0 aliphatic carbocycles. The Kier molecular flexibility index (Phi) is 11.4. The molecule has 0 radical (unpaired) electrons. The third kappa shape index (κ3) is 187. The van der Waals surface area contributed by atoms with E-state index in [1.165, 1.54) is 0 Å². The minimum atomic E-state index is -6.00. The summed E-state index contributed by atoms with van der Waals surface area (Å²) in [6, 6.07) is 0. The minimum Gasteiger partial charge on any atom is -0.418 e. The van der Waals surface area contributed by atoms with Crippen molar-refractivity contribution in [3.8, 4) is 0 Å². The van der Waals surface area contributed by atoms with Crippen molar-refractivity contribution in [2.45, 2.75) is 0 Å². The molecule has 7 heavy (non-hydrogen) atoms. The molecule has 0 saturated carbocycles. The van der Waals surface area contributed by atoms with E-state index in [4.69, 9.17) is 0 Å². The molecule has 0 aliphatic heterocycles. The molecule has 0 nitrogen and oxygen atoms in total. The van der Waals surface area contributed by atoms with Crippen LogP contribution in [0, 0.1) is 0 Å². The Morgan fingerprint density at radius 2 is 0.857 bits per heavy atom. The van der Waals surface area contributed by atoms with E-state index >= 15 is 0 Å². The van der Waals surface area contributed by atoms with Crippen molar-refractivity contribution in [2.24, 2.45) is 0 Å². The van der Waals surface area contributed by atoms with Gasteiger partial charge >= 0.3 is 29.6 Å². The van der Waals surface area contributed by atoms with E-state index in [1.807, 2.05) is 0 Å². The summed E-state index contributed by atoms with van der Waals surface area (Å²) in [5.41, 5.74) is 0. The molecular formula is H3AgBF4P. The summed E-state index contributed by atoms with van der Waals surface area (Å²) < 4.78 is 39.0. The molecule has 0 aromatic carbocycles. The number of rotatable bonds is 0. The van der Waals surface area contributed by atoms with Gasteiger partial charge in [0.15, 0.2) is 0 Å². The Labute approximate surface area is 57.3 Å². The zero-order valence-corrected chi connectivity index (χ0v) is 5.99. The third-order valence-electron chi connectivity index (χ3n) is 0. The van der Waals surface area contributed by atoms with E-state index < -0.39 is 7.25 Å². The number of hydrogen-bond acceptors (Lipinski definition) is 0. The van der Waals surface area contributed by atoms with Gasteiger partial charge in [0, 0.05) is 0 Å². The monoisotopic (exact) mass is 228 g/mol. The molecule has 0 fully saturated rings. The van der Waals surface area contributed by atoms with Gasteiger partial charge in [0.2, 0.25) is 0 Å². The first kappa shape index (κ1) is 15.7. The van der Waals surface area contributed by atoms with Gasteiger partial charge < -0.3 is 17.3 Å². The van der Waals surface area contributed by atoms with Crippen LogP contribution in [0.2, 0.25) is 0 Å². The van der Waals surface area contributed by atoms with Crippen LogP contribution in [0.5, 0.6) is 0 Å². The summed E-state index contributed by atoms with van der Waals surface area (Å²) in [7, 11) is -6.00. The Morgan fingerprint density at radius 1 is 0.857 bits per heavy atom. The van der Waals surface area contributed by atoms with Crippen molar-refractivity contribution in [1.29, 1.82) is 0 Å². The van der Waals surface area contributed by atoms with Crippen molar-refractivity contribution >= 4 is 17.2 Å². The molecule has 1 unspecified atom stereocenters. The van der Waals surface area contributed by atoms with Crippen LogP contribution in [0.1, 0.15) is 0 Å². The van der Waals surface area contributed by atoms with Gasteiger partial charge in [-0.15, -0.1) is 0 Å². The maximum atomic E-state index is 9.75. The maximum absolute atomic E-state index is 9.75. The topological polar surface area (TPSA) is 0 Å². The average Bonchev–Trinajstić information content (AvgIpc) is 0.722. The fraction of sp³-hybridized carbons (Fsp3) is 0. The molecule has 0 N–H and O–H groups in total. The predicted molar refractivity (Wildman–Crippen MR) is 21.3 cm³/mol. The Hall–Kier alpha value is 0.955. The van der Waals surface area contributed by atoms with Gasteiger partial charge in [-0.2, -0.15) is 9.90 Å². The van der Waals surface area contributed by atoms with Crippen LogP contribution >= 0.6 is 9.90 Å². The van der Waals surface area contributed by atoms with Gasteiger partial charge in [0.05, 0.1) is 0 Å². The molecule has 50 valence electrons. The second-order valence-electron chi connectivity index (χ2n) is 0.495. The standard InChI is InChI=1S/Ag.BF4.H3P/c;2-1(3,4)5;/h;;1H3/q+1;-1;. The van der Waals surface area contributed by atoms with E-state index in [0.717, 1.165) is 0 Å². The first-order valence-electron chi connectivity index (χ1n) is 0.873. The van der Waals surface area contributed by atoms with Crippen molar-refractivity contribution < 1.29 is 39.6 Å². The van der Waals surface area contributed by atoms with Crippen LogP contribution in [0.3, 0.4) is 0 Å². The minimum absolute atomic E-state index is 0. The van der Waals surface area contributed by atoms with Crippen molar-refractivity contribution in [3.05, 3.63) is 0 Å². The quantitative estimate of drug-likeness (QED) is 0.334. The SMILES string of the molecule is F[B-](F)(F)F.P.[Ag+]. The van der Waals surface area contributed by atoms with Crippen LogP contribution in [0.4, 0.5) is 17.3 Å². The predicted octanol–water partition coefficient (Wildman–Crippen LogP) is 1.36. The molecule has 0 spiro atoms. The summed E-state index contributed by atoms with van der Waals surface area (Å²) in [5.74, 6) is 0. The van der Waals surface area contributed by atoms with Gasteiger partial charge in [-0.25, -0.2) is 0 Å². The molecule has 0 aromatic heterocycles. The van der Waals surface area contributed by atoms with Gasteiger partial charge in [-0.05, 0) is 0 Å². The average molecular weight is 229 g/mol. The van der Waals surface area contributed by atoms with Crippen LogP contribution in [0.25, 0.3) is 0 Å². The van der Waals surface area contributed by atoms with E-state index in [1.54, 1.807) is 0 Å². The molecule has 0 saturated heterocycles. The maximum Gasteiger partial charge on any atom is 1.00 e. The van der Waals surface area contributed by atoms with Gasteiger partial charge in [-0.3, -0.25) is 0 Å². The summed E-state index contributed by atoms with van der Waals surface area (Å²) in [5, 5.41) is 0. The molecule has 0 heterocycles. The zero-order chi connectivity index (χ0) is 4.50. The molecule has 0 bridgehead atoms. The van der Waals surface area contributed by atoms with Gasteiger partial charge in [0.25, 0.3) is 0 Å². The first-order chi connectivity index (χ1) is 2.00. The molecule has 0 rings (SSSR count). The summed E-state index contributed by atoms with van der Waals surface area (Å²) >= 11 is 0. The Balaban J connectivity index is -0.0000000800. The van der Waals surface area contributed by atoms with Crippen molar-refractivity contribution in [1.82, 2.24) is 0 Å². The largest absolute Gasteiger partial charge is 1.00 e. The first-order valence-corrected chi connectivity index (χ1v) is 0.873. The normalized spacial score (nSPS) is 8.57. The Morgan fingerprint density at radius 3 is 0.857 bits per heavy atom. The fourth-order valence-corrected chi connectivity index (χ4v) is 0. The number of hydrogen-bond donors (Lipinski definition) is 0. The smallest absolute Gasteiger partial charge is 0.418 e. The molecule has 0 amide bonds. The number of halogens is 4. The Bertz CT molecular complexity index is 27.2. The van der Waals surface area contributed by atoms with E-state index in [2.05, 4.69) is 0 Å². The molecule has 1 atom stereocenters. The van der Waals surface area contributed by atoms with E-state index in [0.29, 0.717) is 0 Å². The van der Waals surface area contributed by atoms with Crippen LogP contribution in [-0.4, -0.2) is 7.25 Å². The fourth-order valence-electron chi connectivity index (χ4n) is 0.